The van der Waals surface area contributed by atoms with Crippen molar-refractivity contribution in [3.8, 4) is 0 Å². The second-order valence-corrected chi connectivity index (χ2v) is 6.80. The van der Waals surface area contributed by atoms with Crippen molar-refractivity contribution < 1.29 is 4.79 Å². The van der Waals surface area contributed by atoms with E-state index in [2.05, 4.69) is 31.2 Å². The third-order valence-corrected chi connectivity index (χ3v) is 5.09. The van der Waals surface area contributed by atoms with E-state index >= 15 is 0 Å². The average Bonchev–Trinajstić information content (AvgIpc) is 3.25. The van der Waals surface area contributed by atoms with Crippen LogP contribution in [0.15, 0.2) is 29.0 Å². The molecule has 25 heavy (non-hydrogen) atoms. The van der Waals surface area contributed by atoms with Gasteiger partial charge in [0.15, 0.2) is 0 Å². The highest BCUT2D eigenvalue weighted by atomic mass is 79.9. The smallest absolute Gasteiger partial charge is 0.274 e. The molecule has 3 heterocycles. The zero-order valence-corrected chi connectivity index (χ0v) is 16.2. The SMILES string of the molecule is Cc1nn(Cn2ccc(C(=O)N(C)Cc3ccn(C)n3)n2)c(C)c1Br. The molecule has 0 spiro atoms. The number of amides is 1. The van der Waals surface area contributed by atoms with E-state index in [1.807, 2.05) is 37.8 Å². The lowest BCUT2D eigenvalue weighted by Crippen LogP contribution is -2.27. The average molecular weight is 406 g/mol. The highest BCUT2D eigenvalue weighted by Crippen LogP contribution is 2.19. The standard InChI is InChI=1S/C16H20BrN7O/c1-11-15(17)12(2)24(18-11)10-23-8-6-14(20-23)16(25)21(3)9-13-5-7-22(4)19-13/h5-8H,9-10H2,1-4H3. The number of halogens is 1. The van der Waals surface area contributed by atoms with E-state index in [4.69, 9.17) is 0 Å². The van der Waals surface area contributed by atoms with Gasteiger partial charge in [-0.25, -0.2) is 4.68 Å². The molecule has 0 fully saturated rings. The minimum absolute atomic E-state index is 0.140. The molecular formula is C16H20BrN7O. The number of carbonyl (C=O) groups is 1. The Kier molecular flexibility index (Phi) is 4.76. The van der Waals surface area contributed by atoms with Crippen molar-refractivity contribution in [2.24, 2.45) is 7.05 Å². The van der Waals surface area contributed by atoms with E-state index in [0.717, 1.165) is 21.6 Å². The van der Waals surface area contributed by atoms with Gasteiger partial charge in [0, 0.05) is 26.5 Å². The molecule has 3 rings (SSSR count). The van der Waals surface area contributed by atoms with Crippen LogP contribution in [0.5, 0.6) is 0 Å². The zero-order valence-electron chi connectivity index (χ0n) is 14.6. The lowest BCUT2D eigenvalue weighted by Gasteiger charge is -2.14. The van der Waals surface area contributed by atoms with Gasteiger partial charge in [-0.05, 0) is 41.9 Å². The fraction of sp³-hybridized carbons (Fsp3) is 0.375. The molecule has 9 heteroatoms. The first kappa shape index (κ1) is 17.4. The van der Waals surface area contributed by atoms with E-state index in [0.29, 0.717) is 18.9 Å². The van der Waals surface area contributed by atoms with Crippen molar-refractivity contribution in [3.63, 3.8) is 0 Å². The van der Waals surface area contributed by atoms with Crippen molar-refractivity contribution in [2.45, 2.75) is 27.1 Å². The Balaban J connectivity index is 1.69. The lowest BCUT2D eigenvalue weighted by molar-refractivity contribution is 0.0776. The third kappa shape index (κ3) is 3.65. The number of aromatic nitrogens is 6. The first-order valence-corrected chi connectivity index (χ1v) is 8.61. The Bertz CT molecular complexity index is 908. The molecule has 0 aliphatic heterocycles. The molecule has 0 saturated heterocycles. The lowest BCUT2D eigenvalue weighted by atomic mass is 10.3. The normalized spacial score (nSPS) is 11.1. The molecule has 1 amide bonds. The summed E-state index contributed by atoms with van der Waals surface area (Å²) < 4.78 is 6.26. The van der Waals surface area contributed by atoms with Crippen LogP contribution in [0, 0.1) is 13.8 Å². The molecule has 0 unspecified atom stereocenters. The first-order chi connectivity index (χ1) is 11.8. The largest absolute Gasteiger partial charge is 0.334 e. The molecular weight excluding hydrogens is 386 g/mol. The zero-order chi connectivity index (χ0) is 18.1. The van der Waals surface area contributed by atoms with Gasteiger partial charge < -0.3 is 4.90 Å². The quantitative estimate of drug-likeness (QED) is 0.650. The Morgan fingerprint density at radius 2 is 1.96 bits per heavy atom. The molecule has 0 saturated carbocycles. The van der Waals surface area contributed by atoms with Crippen molar-refractivity contribution in [1.82, 2.24) is 34.2 Å². The molecule has 0 aliphatic rings. The van der Waals surface area contributed by atoms with Crippen molar-refractivity contribution in [2.75, 3.05) is 7.05 Å². The number of hydrogen-bond acceptors (Lipinski definition) is 4. The monoisotopic (exact) mass is 405 g/mol. The molecule has 0 radical (unpaired) electrons. The number of aryl methyl sites for hydroxylation is 2. The van der Waals surface area contributed by atoms with Crippen LogP contribution >= 0.6 is 15.9 Å². The summed E-state index contributed by atoms with van der Waals surface area (Å²) >= 11 is 3.51. The van der Waals surface area contributed by atoms with Gasteiger partial charge in [0.05, 0.1) is 28.1 Å². The molecule has 132 valence electrons. The molecule has 3 aromatic heterocycles. The Hall–Kier alpha value is -2.42. The first-order valence-electron chi connectivity index (χ1n) is 7.82. The van der Waals surface area contributed by atoms with Crippen LogP contribution < -0.4 is 0 Å². The summed E-state index contributed by atoms with van der Waals surface area (Å²) in [5, 5.41) is 13.1. The van der Waals surface area contributed by atoms with Crippen molar-refractivity contribution >= 4 is 21.8 Å². The summed E-state index contributed by atoms with van der Waals surface area (Å²) in [4.78, 5) is 14.1. The predicted octanol–water partition coefficient (Wildman–Crippen LogP) is 1.97. The minimum atomic E-state index is -0.140. The van der Waals surface area contributed by atoms with Crippen LogP contribution in [0.3, 0.4) is 0 Å². The maximum absolute atomic E-state index is 12.5. The fourth-order valence-electron chi connectivity index (χ4n) is 2.56. The minimum Gasteiger partial charge on any atom is -0.334 e. The van der Waals surface area contributed by atoms with Crippen LogP contribution in [-0.4, -0.2) is 47.2 Å². The molecule has 0 aromatic carbocycles. The van der Waals surface area contributed by atoms with E-state index in [1.54, 1.807) is 33.6 Å². The number of hydrogen-bond donors (Lipinski definition) is 0. The van der Waals surface area contributed by atoms with Gasteiger partial charge in [0.25, 0.3) is 5.91 Å². The molecule has 8 nitrogen and oxygen atoms in total. The summed E-state index contributed by atoms with van der Waals surface area (Å²) in [5.41, 5.74) is 3.19. The molecule has 0 bridgehead atoms. The van der Waals surface area contributed by atoms with Crippen LogP contribution in [0.4, 0.5) is 0 Å². The topological polar surface area (TPSA) is 73.8 Å². The van der Waals surface area contributed by atoms with Crippen LogP contribution in [0.2, 0.25) is 0 Å². The molecule has 0 atom stereocenters. The Morgan fingerprint density at radius 1 is 1.20 bits per heavy atom. The van der Waals surface area contributed by atoms with E-state index in [-0.39, 0.29) is 5.91 Å². The van der Waals surface area contributed by atoms with Gasteiger partial charge in [-0.3, -0.25) is 14.2 Å². The Labute approximate surface area is 154 Å². The van der Waals surface area contributed by atoms with Gasteiger partial charge in [0.2, 0.25) is 0 Å². The van der Waals surface area contributed by atoms with Crippen LogP contribution in [0.25, 0.3) is 0 Å². The third-order valence-electron chi connectivity index (χ3n) is 3.95. The van der Waals surface area contributed by atoms with E-state index < -0.39 is 0 Å². The number of carbonyl (C=O) groups excluding carboxylic acids is 1. The fourth-order valence-corrected chi connectivity index (χ4v) is 2.85. The molecule has 0 aliphatic carbocycles. The van der Waals surface area contributed by atoms with E-state index in [9.17, 15) is 4.79 Å². The van der Waals surface area contributed by atoms with Gasteiger partial charge in [-0.2, -0.15) is 15.3 Å². The van der Waals surface area contributed by atoms with Gasteiger partial charge in [-0.1, -0.05) is 0 Å². The second kappa shape index (κ2) is 6.83. The van der Waals surface area contributed by atoms with Crippen molar-refractivity contribution in [1.29, 1.82) is 0 Å². The number of rotatable bonds is 5. The van der Waals surface area contributed by atoms with Gasteiger partial charge in [0.1, 0.15) is 12.4 Å². The molecule has 0 N–H and O–H groups in total. The number of nitrogens with zero attached hydrogens (tertiary/aromatic N) is 7. The highest BCUT2D eigenvalue weighted by Gasteiger charge is 2.17. The van der Waals surface area contributed by atoms with Crippen LogP contribution in [0.1, 0.15) is 27.6 Å². The summed E-state index contributed by atoms with van der Waals surface area (Å²) in [7, 11) is 3.60. The summed E-state index contributed by atoms with van der Waals surface area (Å²) in [6.07, 6.45) is 3.64. The molecule has 3 aromatic rings. The Morgan fingerprint density at radius 3 is 2.56 bits per heavy atom. The maximum atomic E-state index is 12.5. The van der Waals surface area contributed by atoms with Crippen molar-refractivity contribution in [3.05, 3.63) is 51.8 Å². The summed E-state index contributed by atoms with van der Waals surface area (Å²) in [5.74, 6) is -0.140. The maximum Gasteiger partial charge on any atom is 0.274 e. The van der Waals surface area contributed by atoms with Gasteiger partial charge >= 0.3 is 0 Å². The highest BCUT2D eigenvalue weighted by molar-refractivity contribution is 9.10. The summed E-state index contributed by atoms with van der Waals surface area (Å²) in [6, 6.07) is 3.61. The summed E-state index contributed by atoms with van der Waals surface area (Å²) in [6.45, 7) is 4.82. The van der Waals surface area contributed by atoms with Crippen LogP contribution in [-0.2, 0) is 20.3 Å². The predicted molar refractivity (Wildman–Crippen MR) is 96.0 cm³/mol. The second-order valence-electron chi connectivity index (χ2n) is 6.01. The van der Waals surface area contributed by atoms with E-state index in [1.165, 1.54) is 0 Å². The van der Waals surface area contributed by atoms with Gasteiger partial charge in [-0.15, -0.1) is 0 Å².